The number of aliphatic hydroxyl groups is 1. The highest BCUT2D eigenvalue weighted by Crippen LogP contribution is 2.18. The van der Waals surface area contributed by atoms with Gasteiger partial charge >= 0.3 is 6.03 Å². The van der Waals surface area contributed by atoms with Gasteiger partial charge < -0.3 is 15.7 Å². The molecule has 6 heteroatoms. The third-order valence-corrected chi connectivity index (χ3v) is 3.72. The number of aliphatic hydroxyl groups excluding tert-OH is 1. The average molecular weight is 334 g/mol. The van der Waals surface area contributed by atoms with Gasteiger partial charge in [0.2, 0.25) is 0 Å². The van der Waals surface area contributed by atoms with Crippen molar-refractivity contribution in [2.45, 2.75) is 25.4 Å². The fourth-order valence-corrected chi connectivity index (χ4v) is 2.40. The van der Waals surface area contributed by atoms with E-state index in [1.54, 1.807) is 6.92 Å². The lowest BCUT2D eigenvalue weighted by atomic mass is 10.0. The molecule has 3 N–H and O–H groups in total. The molecule has 0 heterocycles. The van der Waals surface area contributed by atoms with Gasteiger partial charge in [-0.05, 0) is 36.6 Å². The molecule has 0 spiro atoms. The quantitative estimate of drug-likeness (QED) is 0.758. The predicted molar refractivity (Wildman–Crippen MR) is 87.3 cm³/mol. The summed E-state index contributed by atoms with van der Waals surface area (Å²) in [5.74, 6) is -1.88. The van der Waals surface area contributed by atoms with Gasteiger partial charge in [-0.15, -0.1) is 0 Å². The van der Waals surface area contributed by atoms with Crippen LogP contribution in [0.3, 0.4) is 0 Å². The number of hydrogen-bond donors (Lipinski definition) is 3. The van der Waals surface area contributed by atoms with E-state index in [9.17, 15) is 18.7 Å². The molecule has 2 aromatic carbocycles. The van der Waals surface area contributed by atoms with Gasteiger partial charge in [0.1, 0.15) is 0 Å². The molecule has 0 aliphatic rings. The number of rotatable bonds is 6. The molecule has 0 aliphatic heterocycles. The predicted octanol–water partition coefficient (Wildman–Crippen LogP) is 3.45. The average Bonchev–Trinajstić information content (AvgIpc) is 2.57. The number of hydrogen-bond acceptors (Lipinski definition) is 2. The highest BCUT2D eigenvalue weighted by atomic mass is 19.2. The number of urea groups is 1. The monoisotopic (exact) mass is 334 g/mol. The van der Waals surface area contributed by atoms with E-state index < -0.39 is 23.7 Å². The van der Waals surface area contributed by atoms with Crippen LogP contribution in [0.1, 0.15) is 36.6 Å². The van der Waals surface area contributed by atoms with E-state index in [-0.39, 0.29) is 12.6 Å². The minimum absolute atomic E-state index is 0.0709. The topological polar surface area (TPSA) is 61.4 Å². The maximum atomic E-state index is 13.3. The van der Waals surface area contributed by atoms with Crippen molar-refractivity contribution in [3.05, 3.63) is 71.3 Å². The molecule has 4 nitrogen and oxygen atoms in total. The summed E-state index contributed by atoms with van der Waals surface area (Å²) in [6, 6.07) is 11.5. The number of nitrogens with one attached hydrogen (secondary N) is 2. The molecule has 0 aliphatic carbocycles. The maximum Gasteiger partial charge on any atom is 0.315 e. The molecule has 0 saturated carbocycles. The van der Waals surface area contributed by atoms with Crippen LogP contribution in [-0.4, -0.2) is 17.7 Å². The lowest BCUT2D eigenvalue weighted by Gasteiger charge is -2.21. The zero-order valence-electron chi connectivity index (χ0n) is 13.3. The standard InChI is InChI=1S/C18H20F2N2O2/c1-12(14-7-8-15(19)16(20)11-14)21-18(24)22-17(9-10-23)13-5-3-2-4-6-13/h2-8,11-12,17,23H,9-10H2,1H3,(H2,21,22,24)/t12?,17-/m1/s1. The van der Waals surface area contributed by atoms with Crippen LogP contribution >= 0.6 is 0 Å². The fourth-order valence-electron chi connectivity index (χ4n) is 2.40. The van der Waals surface area contributed by atoms with Crippen LogP contribution in [0.2, 0.25) is 0 Å². The van der Waals surface area contributed by atoms with E-state index in [0.29, 0.717) is 12.0 Å². The Labute approximate surface area is 139 Å². The van der Waals surface area contributed by atoms with Crippen molar-refractivity contribution in [3.8, 4) is 0 Å². The molecular formula is C18H20F2N2O2. The minimum Gasteiger partial charge on any atom is -0.396 e. The van der Waals surface area contributed by atoms with Gasteiger partial charge in [-0.2, -0.15) is 0 Å². The molecular weight excluding hydrogens is 314 g/mol. The highest BCUT2D eigenvalue weighted by Gasteiger charge is 2.16. The van der Waals surface area contributed by atoms with Crippen molar-refractivity contribution in [1.82, 2.24) is 10.6 Å². The van der Waals surface area contributed by atoms with Gasteiger partial charge in [-0.1, -0.05) is 36.4 Å². The van der Waals surface area contributed by atoms with Crippen molar-refractivity contribution < 1.29 is 18.7 Å². The van der Waals surface area contributed by atoms with Crippen molar-refractivity contribution in [2.24, 2.45) is 0 Å². The molecule has 128 valence electrons. The summed E-state index contributed by atoms with van der Waals surface area (Å²) < 4.78 is 26.2. The lowest BCUT2D eigenvalue weighted by molar-refractivity contribution is 0.226. The first-order chi connectivity index (χ1) is 11.5. The summed E-state index contributed by atoms with van der Waals surface area (Å²) in [5.41, 5.74) is 1.34. The molecule has 0 bridgehead atoms. The first kappa shape index (κ1) is 17.9. The summed E-state index contributed by atoms with van der Waals surface area (Å²) in [6.45, 7) is 1.61. The number of benzene rings is 2. The van der Waals surface area contributed by atoms with E-state index in [4.69, 9.17) is 0 Å². The zero-order chi connectivity index (χ0) is 17.5. The molecule has 2 rings (SSSR count). The van der Waals surface area contributed by atoms with Crippen molar-refractivity contribution in [2.75, 3.05) is 6.61 Å². The second-order valence-electron chi connectivity index (χ2n) is 5.49. The van der Waals surface area contributed by atoms with Crippen LogP contribution in [0.5, 0.6) is 0 Å². The van der Waals surface area contributed by atoms with Crippen LogP contribution in [0.25, 0.3) is 0 Å². The minimum atomic E-state index is -0.955. The van der Waals surface area contributed by atoms with E-state index in [1.807, 2.05) is 30.3 Å². The number of carbonyl (C=O) groups is 1. The Kier molecular flexibility index (Phi) is 6.26. The van der Waals surface area contributed by atoms with Gasteiger partial charge in [0, 0.05) is 6.61 Å². The lowest BCUT2D eigenvalue weighted by Crippen LogP contribution is -2.39. The molecule has 2 aromatic rings. The SMILES string of the molecule is CC(NC(=O)N[C@H](CCO)c1ccccc1)c1ccc(F)c(F)c1. The third-order valence-electron chi connectivity index (χ3n) is 3.72. The Hall–Kier alpha value is -2.47. The van der Waals surface area contributed by atoms with Gasteiger partial charge in [0.25, 0.3) is 0 Å². The largest absolute Gasteiger partial charge is 0.396 e. The first-order valence-corrected chi connectivity index (χ1v) is 7.69. The van der Waals surface area contributed by atoms with Gasteiger partial charge in [0.05, 0.1) is 12.1 Å². The molecule has 2 amide bonds. The van der Waals surface area contributed by atoms with Crippen LogP contribution in [-0.2, 0) is 0 Å². The Morgan fingerprint density at radius 2 is 1.75 bits per heavy atom. The van der Waals surface area contributed by atoms with Gasteiger partial charge in [0.15, 0.2) is 11.6 Å². The Balaban J connectivity index is 2.01. The summed E-state index contributed by atoms with van der Waals surface area (Å²) in [5, 5.41) is 14.6. The van der Waals surface area contributed by atoms with Crippen molar-refractivity contribution in [1.29, 1.82) is 0 Å². The molecule has 24 heavy (non-hydrogen) atoms. The summed E-state index contributed by atoms with van der Waals surface area (Å²) in [6.07, 6.45) is 0.372. The summed E-state index contributed by atoms with van der Waals surface area (Å²) in [7, 11) is 0. The van der Waals surface area contributed by atoms with Crippen LogP contribution in [0.15, 0.2) is 48.5 Å². The van der Waals surface area contributed by atoms with Crippen molar-refractivity contribution in [3.63, 3.8) is 0 Å². The Bertz CT molecular complexity index is 680. The van der Waals surface area contributed by atoms with E-state index in [1.165, 1.54) is 6.07 Å². The molecule has 1 unspecified atom stereocenters. The first-order valence-electron chi connectivity index (χ1n) is 7.69. The molecule has 0 fully saturated rings. The smallest absolute Gasteiger partial charge is 0.315 e. The molecule has 0 aromatic heterocycles. The summed E-state index contributed by atoms with van der Waals surface area (Å²) in [4.78, 5) is 12.2. The second-order valence-corrected chi connectivity index (χ2v) is 5.49. The second kappa shape index (κ2) is 8.40. The van der Waals surface area contributed by atoms with E-state index in [0.717, 1.165) is 17.7 Å². The molecule has 2 atom stereocenters. The maximum absolute atomic E-state index is 13.3. The molecule has 0 saturated heterocycles. The number of amides is 2. The number of halogens is 2. The third kappa shape index (κ3) is 4.76. The Morgan fingerprint density at radius 1 is 1.04 bits per heavy atom. The highest BCUT2D eigenvalue weighted by molar-refractivity contribution is 5.75. The van der Waals surface area contributed by atoms with Gasteiger partial charge in [-0.25, -0.2) is 13.6 Å². The van der Waals surface area contributed by atoms with Crippen LogP contribution < -0.4 is 10.6 Å². The van der Waals surface area contributed by atoms with Crippen molar-refractivity contribution >= 4 is 6.03 Å². The normalized spacial score (nSPS) is 13.2. The van der Waals surface area contributed by atoms with E-state index in [2.05, 4.69) is 10.6 Å². The number of carbonyl (C=O) groups excluding carboxylic acids is 1. The fraction of sp³-hybridized carbons (Fsp3) is 0.278. The Morgan fingerprint density at radius 3 is 2.38 bits per heavy atom. The molecule has 0 radical (unpaired) electrons. The van der Waals surface area contributed by atoms with E-state index >= 15 is 0 Å². The van der Waals surface area contributed by atoms with Gasteiger partial charge in [-0.3, -0.25) is 0 Å². The zero-order valence-corrected chi connectivity index (χ0v) is 13.3. The summed E-state index contributed by atoms with van der Waals surface area (Å²) >= 11 is 0. The van der Waals surface area contributed by atoms with Crippen LogP contribution in [0, 0.1) is 11.6 Å². The van der Waals surface area contributed by atoms with Crippen LogP contribution in [0.4, 0.5) is 13.6 Å².